The Morgan fingerprint density at radius 3 is 0.857 bits per heavy atom. The molecule has 0 saturated heterocycles. The number of hydrogen-bond acceptors (Lipinski definition) is 0. The van der Waals surface area contributed by atoms with Gasteiger partial charge in [0.15, 0.2) is 0 Å². The van der Waals surface area contributed by atoms with Crippen molar-refractivity contribution in [1.82, 2.24) is 0 Å². The Morgan fingerprint density at radius 2 is 0.786 bits per heavy atom. The molecule has 1 rings (SSSR count). The second-order valence-corrected chi connectivity index (χ2v) is 25.5. The van der Waals surface area contributed by atoms with Crippen molar-refractivity contribution in [2.24, 2.45) is 0 Å². The van der Waals surface area contributed by atoms with Crippen molar-refractivity contribution in [2.75, 3.05) is 0 Å². The topological polar surface area (TPSA) is 0 Å². The van der Waals surface area contributed by atoms with E-state index in [0.717, 1.165) is 0 Å². The monoisotopic (exact) mass is 1200 g/mol. The average molecular weight is 1200 g/mol. The molecule has 1 aliphatic rings. The number of halogens is 9. The molecule has 0 spiro atoms. The Labute approximate surface area is 207 Å². The van der Waals surface area contributed by atoms with Crippen LogP contribution in [0.3, 0.4) is 0 Å². The summed E-state index contributed by atoms with van der Waals surface area (Å²) in [5, 5.41) is 0. The summed E-state index contributed by atoms with van der Waals surface area (Å²) < 4.78 is 1.74. The lowest BCUT2D eigenvalue weighted by atomic mass is 10.4. The molecule has 0 aromatic carbocycles. The molecule has 0 atom stereocenters. The maximum Gasteiger partial charge on any atom is 0.124 e. The van der Waals surface area contributed by atoms with E-state index in [-0.39, 0.29) is 5.71 Å². The minimum absolute atomic E-state index is 0.256. The van der Waals surface area contributed by atoms with Gasteiger partial charge in [0.25, 0.3) is 0 Å². The van der Waals surface area contributed by atoms with Gasteiger partial charge in [0.05, 0.1) is 3.92 Å². The van der Waals surface area contributed by atoms with Crippen LogP contribution >= 0.6 is 203 Å². The molecular formula is C5HI9. The third-order valence-corrected chi connectivity index (χ3v) is 33.3. The fourth-order valence-electron chi connectivity index (χ4n) is 0.965. The smallest absolute Gasteiger partial charge is 0.0778 e. The van der Waals surface area contributed by atoms with Crippen molar-refractivity contribution < 1.29 is 0 Å². The van der Waals surface area contributed by atoms with E-state index in [2.05, 4.69) is 203 Å². The van der Waals surface area contributed by atoms with Crippen LogP contribution in [-0.4, -0.2) is 9.64 Å². The zero-order chi connectivity index (χ0) is 11.6. The van der Waals surface area contributed by atoms with Crippen LogP contribution in [0, 0.1) is 0 Å². The van der Waals surface area contributed by atoms with Gasteiger partial charge in [0.1, 0.15) is 5.71 Å². The highest BCUT2D eigenvalue weighted by Gasteiger charge is 2.76. The highest BCUT2D eigenvalue weighted by molar-refractivity contribution is 14.2. The van der Waals surface area contributed by atoms with Gasteiger partial charge in [-0.1, -0.05) is 203 Å². The molecule has 0 bridgehead atoms. The van der Waals surface area contributed by atoms with Gasteiger partial charge in [0, 0.05) is 0 Å². The van der Waals surface area contributed by atoms with E-state index in [1.54, 1.807) is 0 Å². The third-order valence-electron chi connectivity index (χ3n) is 1.87. The van der Waals surface area contributed by atoms with Gasteiger partial charge < -0.3 is 0 Å². The van der Waals surface area contributed by atoms with Crippen LogP contribution in [0.5, 0.6) is 0 Å². The molecule has 0 unspecified atom stereocenters. The summed E-state index contributed by atoms with van der Waals surface area (Å²) in [5.74, 6) is 0. The van der Waals surface area contributed by atoms with Gasteiger partial charge in [-0.2, -0.15) is 0 Å². The highest BCUT2D eigenvalue weighted by atomic mass is 127. The number of hydrogen-bond donors (Lipinski definition) is 0. The van der Waals surface area contributed by atoms with Gasteiger partial charge in [-0.25, -0.2) is 0 Å². The van der Waals surface area contributed by atoms with E-state index in [9.17, 15) is 0 Å². The molecular weight excluding hydrogens is 1200 g/mol. The Morgan fingerprint density at radius 1 is 0.571 bits per heavy atom. The molecule has 0 heterocycles. The molecule has 14 heavy (non-hydrogen) atoms. The first-order chi connectivity index (χ1) is 5.90. The molecule has 9 heteroatoms. The van der Waals surface area contributed by atoms with Crippen molar-refractivity contribution >= 4 is 203 Å². The number of alkyl halides is 9. The summed E-state index contributed by atoms with van der Waals surface area (Å²) in [4.78, 5) is 0. The predicted molar refractivity (Wildman–Crippen MR) is 141 cm³/mol. The van der Waals surface area contributed by atoms with Gasteiger partial charge in [-0.3, -0.25) is 0 Å². The summed E-state index contributed by atoms with van der Waals surface area (Å²) in [6.07, 6.45) is 0. The standard InChI is InChI=1S/C5HI9/c6-1-2(7,8)4(11,12)5(13,14)3(1,9)10/h1H. The molecule has 0 N–H and O–H groups in total. The lowest BCUT2D eigenvalue weighted by Gasteiger charge is -2.36. The third kappa shape index (κ3) is 2.76. The van der Waals surface area contributed by atoms with E-state index < -0.39 is 0 Å². The Kier molecular flexibility index (Phi) is 7.96. The molecule has 1 aliphatic carbocycles. The minimum Gasteiger partial charge on any atom is -0.0778 e. The Bertz CT molecular complexity index is 228. The quantitative estimate of drug-likeness (QED) is 0.180. The van der Waals surface area contributed by atoms with E-state index in [0.29, 0.717) is 3.92 Å². The maximum absolute atomic E-state index is 2.63. The summed E-state index contributed by atoms with van der Waals surface area (Å²) in [6, 6.07) is 0. The Balaban J connectivity index is 3.38. The molecule has 0 radical (unpaired) electrons. The fraction of sp³-hybridized carbons (Fsp3) is 1.00. The largest absolute Gasteiger partial charge is 0.124 e. The van der Waals surface area contributed by atoms with Crippen molar-refractivity contribution in [2.45, 2.75) is 9.64 Å². The summed E-state index contributed by atoms with van der Waals surface area (Å²) in [6.45, 7) is 0. The van der Waals surface area contributed by atoms with Crippen molar-refractivity contribution in [3.63, 3.8) is 0 Å². The van der Waals surface area contributed by atoms with Crippen LogP contribution in [0.2, 0.25) is 0 Å². The lowest BCUT2D eigenvalue weighted by molar-refractivity contribution is 0.961. The first-order valence-corrected chi connectivity index (χ1v) is 12.9. The second kappa shape index (κ2) is 5.99. The molecule has 0 nitrogen and oxygen atoms in total. The van der Waals surface area contributed by atoms with Gasteiger partial charge >= 0.3 is 0 Å². The van der Waals surface area contributed by atoms with Gasteiger partial charge in [0.2, 0.25) is 0 Å². The van der Waals surface area contributed by atoms with Crippen molar-refractivity contribution in [1.29, 1.82) is 0 Å². The summed E-state index contributed by atoms with van der Waals surface area (Å²) in [7, 11) is 0. The molecule has 1 fully saturated rings. The number of rotatable bonds is 0. The SMILES string of the molecule is IC1C(I)(I)C(I)(I)C(I)(I)C1(I)I. The first-order valence-electron chi connectivity index (χ1n) is 3.06. The Hall–Kier alpha value is 6.57. The van der Waals surface area contributed by atoms with Crippen LogP contribution < -0.4 is 0 Å². The van der Waals surface area contributed by atoms with Crippen LogP contribution in [0.4, 0.5) is 0 Å². The predicted octanol–water partition coefficient (Wildman–Crippen LogP) is 7.07. The molecule has 1 saturated carbocycles. The normalized spacial score (nSPS) is 33.2. The highest BCUT2D eigenvalue weighted by Crippen LogP contribution is 2.78. The van der Waals surface area contributed by atoms with Gasteiger partial charge in [-0.15, -0.1) is 0 Å². The lowest BCUT2D eigenvalue weighted by Crippen LogP contribution is -2.43. The summed E-state index contributed by atoms with van der Waals surface area (Å²) >= 11 is 23.7. The minimum atomic E-state index is 0.256. The van der Waals surface area contributed by atoms with E-state index in [1.807, 2.05) is 0 Å². The van der Waals surface area contributed by atoms with E-state index >= 15 is 0 Å². The maximum atomic E-state index is 2.63. The van der Waals surface area contributed by atoms with Crippen LogP contribution in [-0.2, 0) is 0 Å². The van der Waals surface area contributed by atoms with Gasteiger partial charge in [-0.05, 0) is 0 Å². The van der Waals surface area contributed by atoms with Crippen LogP contribution in [0.15, 0.2) is 0 Å². The first kappa shape index (κ1) is 18.6. The molecule has 0 aromatic heterocycles. The second-order valence-electron chi connectivity index (χ2n) is 2.76. The van der Waals surface area contributed by atoms with Crippen LogP contribution in [0.1, 0.15) is 0 Å². The fourth-order valence-corrected chi connectivity index (χ4v) is 17.2. The van der Waals surface area contributed by atoms with E-state index in [1.165, 1.54) is 0 Å². The zero-order valence-electron chi connectivity index (χ0n) is 5.98. The molecule has 0 amide bonds. The average Bonchev–Trinajstić information content (AvgIpc) is 2.05. The molecule has 0 aliphatic heterocycles. The van der Waals surface area contributed by atoms with Crippen molar-refractivity contribution in [3.05, 3.63) is 0 Å². The molecule has 84 valence electrons. The zero-order valence-corrected chi connectivity index (χ0v) is 25.4. The summed E-state index contributed by atoms with van der Waals surface area (Å²) in [5.41, 5.74) is 0. The van der Waals surface area contributed by atoms with Crippen molar-refractivity contribution in [3.8, 4) is 0 Å². The van der Waals surface area contributed by atoms with E-state index in [4.69, 9.17) is 0 Å². The molecule has 0 aromatic rings. The van der Waals surface area contributed by atoms with Crippen LogP contribution in [0.25, 0.3) is 0 Å².